The Bertz CT molecular complexity index is 826. The van der Waals surface area contributed by atoms with Crippen molar-refractivity contribution in [2.75, 3.05) is 18.8 Å². The van der Waals surface area contributed by atoms with Crippen molar-refractivity contribution in [2.24, 2.45) is 0 Å². The first-order valence-corrected chi connectivity index (χ1v) is 11.0. The number of hydrogen-bond donors (Lipinski definition) is 0. The molecule has 0 radical (unpaired) electrons. The maximum absolute atomic E-state index is 13.3. The predicted octanol–water partition coefficient (Wildman–Crippen LogP) is 3.54. The van der Waals surface area contributed by atoms with E-state index in [0.717, 1.165) is 17.9 Å². The lowest BCUT2D eigenvalue weighted by Crippen LogP contribution is -2.33. The molecule has 1 atom stereocenters. The van der Waals surface area contributed by atoms with Crippen molar-refractivity contribution in [2.45, 2.75) is 50.3 Å². The SMILES string of the molecule is Cc1nn(C(C)C)c(C)c1S(=O)(=O)N1CCS[C@@H](c2ccco2)CC1. The molecule has 3 rings (SSSR count). The number of aromatic nitrogens is 2. The van der Waals surface area contributed by atoms with Crippen LogP contribution in [-0.2, 0) is 10.0 Å². The van der Waals surface area contributed by atoms with Gasteiger partial charge in [0, 0.05) is 24.9 Å². The van der Waals surface area contributed by atoms with Gasteiger partial charge in [0.2, 0.25) is 10.0 Å². The van der Waals surface area contributed by atoms with E-state index in [-0.39, 0.29) is 11.3 Å². The zero-order chi connectivity index (χ0) is 18.2. The molecule has 138 valence electrons. The van der Waals surface area contributed by atoms with Crippen LogP contribution < -0.4 is 0 Å². The molecular formula is C17H25N3O3S2. The number of aryl methyl sites for hydroxylation is 1. The lowest BCUT2D eigenvalue weighted by Gasteiger charge is -2.20. The summed E-state index contributed by atoms with van der Waals surface area (Å²) < 4.78 is 35.4. The fraction of sp³-hybridized carbons (Fsp3) is 0.588. The summed E-state index contributed by atoms with van der Waals surface area (Å²) in [4.78, 5) is 0.364. The van der Waals surface area contributed by atoms with E-state index in [4.69, 9.17) is 4.42 Å². The molecule has 6 nitrogen and oxygen atoms in total. The second-order valence-corrected chi connectivity index (χ2v) is 9.79. The van der Waals surface area contributed by atoms with Gasteiger partial charge in [0.05, 0.1) is 22.9 Å². The highest BCUT2D eigenvalue weighted by atomic mass is 32.2. The number of hydrogen-bond acceptors (Lipinski definition) is 5. The van der Waals surface area contributed by atoms with Gasteiger partial charge in [-0.05, 0) is 46.2 Å². The third kappa shape index (κ3) is 3.52. The fourth-order valence-electron chi connectivity index (χ4n) is 3.35. The van der Waals surface area contributed by atoms with Crippen LogP contribution in [0.5, 0.6) is 0 Å². The molecule has 8 heteroatoms. The summed E-state index contributed by atoms with van der Waals surface area (Å²) >= 11 is 1.75. The van der Waals surface area contributed by atoms with Gasteiger partial charge in [-0.1, -0.05) is 0 Å². The summed E-state index contributed by atoms with van der Waals surface area (Å²) in [5.41, 5.74) is 1.29. The van der Waals surface area contributed by atoms with Crippen molar-refractivity contribution in [3.63, 3.8) is 0 Å². The van der Waals surface area contributed by atoms with Crippen molar-refractivity contribution < 1.29 is 12.8 Å². The molecule has 2 aromatic heterocycles. The van der Waals surface area contributed by atoms with Gasteiger partial charge in [-0.2, -0.15) is 9.40 Å². The minimum atomic E-state index is -3.55. The predicted molar refractivity (Wildman–Crippen MR) is 99.4 cm³/mol. The van der Waals surface area contributed by atoms with Crippen LogP contribution >= 0.6 is 11.8 Å². The molecule has 0 amide bonds. The quantitative estimate of drug-likeness (QED) is 0.808. The normalized spacial score (nSPS) is 20.1. The minimum absolute atomic E-state index is 0.130. The largest absolute Gasteiger partial charge is 0.468 e. The van der Waals surface area contributed by atoms with Gasteiger partial charge in [0.1, 0.15) is 10.7 Å². The van der Waals surface area contributed by atoms with E-state index in [1.54, 1.807) is 33.9 Å². The smallest absolute Gasteiger partial charge is 0.246 e. The first-order chi connectivity index (χ1) is 11.8. The van der Waals surface area contributed by atoms with Crippen molar-refractivity contribution in [3.8, 4) is 0 Å². The van der Waals surface area contributed by atoms with Gasteiger partial charge >= 0.3 is 0 Å². The molecule has 0 saturated carbocycles. The summed E-state index contributed by atoms with van der Waals surface area (Å²) in [6, 6.07) is 3.97. The van der Waals surface area contributed by atoms with Crippen LogP contribution in [0.2, 0.25) is 0 Å². The van der Waals surface area contributed by atoms with Gasteiger partial charge in [0.15, 0.2) is 0 Å². The summed E-state index contributed by atoms with van der Waals surface area (Å²) in [6.07, 6.45) is 2.41. The van der Waals surface area contributed by atoms with Crippen LogP contribution in [-0.4, -0.2) is 41.3 Å². The van der Waals surface area contributed by atoms with Crippen molar-refractivity contribution >= 4 is 21.8 Å². The van der Waals surface area contributed by atoms with E-state index in [9.17, 15) is 8.42 Å². The van der Waals surface area contributed by atoms with Crippen LogP contribution in [0, 0.1) is 13.8 Å². The summed E-state index contributed by atoms with van der Waals surface area (Å²) in [7, 11) is -3.55. The maximum Gasteiger partial charge on any atom is 0.246 e. The van der Waals surface area contributed by atoms with Gasteiger partial charge in [-0.25, -0.2) is 8.42 Å². The monoisotopic (exact) mass is 383 g/mol. The Labute approximate surface area is 153 Å². The summed E-state index contributed by atoms with van der Waals surface area (Å²) in [5.74, 6) is 1.67. The van der Waals surface area contributed by atoms with Gasteiger partial charge in [-0.3, -0.25) is 4.68 Å². The third-order valence-corrected chi connectivity index (χ3v) is 7.95. The third-order valence-electron chi connectivity index (χ3n) is 4.51. The van der Waals surface area contributed by atoms with E-state index in [1.807, 2.05) is 32.9 Å². The molecule has 0 bridgehead atoms. The van der Waals surface area contributed by atoms with E-state index >= 15 is 0 Å². The molecule has 1 saturated heterocycles. The van der Waals surface area contributed by atoms with Gasteiger partial charge < -0.3 is 4.42 Å². The number of thioether (sulfide) groups is 1. The summed E-state index contributed by atoms with van der Waals surface area (Å²) in [6.45, 7) is 8.63. The number of nitrogens with zero attached hydrogens (tertiary/aromatic N) is 3. The molecule has 0 spiro atoms. The number of sulfonamides is 1. The molecule has 1 aliphatic heterocycles. The van der Waals surface area contributed by atoms with Crippen molar-refractivity contribution in [1.82, 2.24) is 14.1 Å². The highest BCUT2D eigenvalue weighted by Crippen LogP contribution is 2.36. The maximum atomic E-state index is 13.3. The van der Waals surface area contributed by atoms with E-state index in [0.29, 0.717) is 29.4 Å². The van der Waals surface area contributed by atoms with Crippen LogP contribution in [0.1, 0.15) is 48.7 Å². The van der Waals surface area contributed by atoms with E-state index in [1.165, 1.54) is 0 Å². The van der Waals surface area contributed by atoms with E-state index < -0.39 is 10.0 Å². The molecule has 25 heavy (non-hydrogen) atoms. The molecule has 0 unspecified atom stereocenters. The van der Waals surface area contributed by atoms with Crippen LogP contribution in [0.4, 0.5) is 0 Å². The van der Waals surface area contributed by atoms with Crippen molar-refractivity contribution in [3.05, 3.63) is 35.5 Å². The number of furan rings is 1. The fourth-order valence-corrected chi connectivity index (χ4v) is 6.46. The number of rotatable bonds is 4. The van der Waals surface area contributed by atoms with Crippen LogP contribution in [0.15, 0.2) is 27.7 Å². The molecule has 1 aliphatic rings. The average Bonchev–Trinajstić information content (AvgIpc) is 3.08. The molecule has 0 aliphatic carbocycles. The Morgan fingerprint density at radius 2 is 2.08 bits per heavy atom. The summed E-state index contributed by atoms with van der Waals surface area (Å²) in [5, 5.41) is 4.64. The Balaban J connectivity index is 1.86. The standard InChI is InChI=1S/C17H25N3O3S2/c1-12(2)20-14(4)17(13(3)18-20)25(21,22)19-8-7-16(24-11-9-19)15-6-5-10-23-15/h5-6,10,12,16H,7-9,11H2,1-4H3/t16-/m1/s1. The molecule has 1 fully saturated rings. The lowest BCUT2D eigenvalue weighted by molar-refractivity contribution is 0.416. The molecule has 3 heterocycles. The molecule has 2 aromatic rings. The second-order valence-electron chi connectivity index (χ2n) is 6.61. The lowest BCUT2D eigenvalue weighted by atomic mass is 10.2. The minimum Gasteiger partial charge on any atom is -0.468 e. The Kier molecular flexibility index (Phi) is 5.31. The second kappa shape index (κ2) is 7.17. The van der Waals surface area contributed by atoms with E-state index in [2.05, 4.69) is 5.10 Å². The van der Waals surface area contributed by atoms with Crippen molar-refractivity contribution in [1.29, 1.82) is 0 Å². The topological polar surface area (TPSA) is 68.3 Å². The Morgan fingerprint density at radius 1 is 1.32 bits per heavy atom. The highest BCUT2D eigenvalue weighted by Gasteiger charge is 2.33. The Hall–Kier alpha value is -1.25. The van der Waals surface area contributed by atoms with Crippen LogP contribution in [0.3, 0.4) is 0 Å². The first-order valence-electron chi connectivity index (χ1n) is 8.53. The zero-order valence-electron chi connectivity index (χ0n) is 15.1. The van der Waals surface area contributed by atoms with Gasteiger partial charge in [0.25, 0.3) is 0 Å². The average molecular weight is 384 g/mol. The van der Waals surface area contributed by atoms with Crippen LogP contribution in [0.25, 0.3) is 0 Å². The molecule has 0 N–H and O–H groups in total. The molecular weight excluding hydrogens is 358 g/mol. The highest BCUT2D eigenvalue weighted by molar-refractivity contribution is 7.99. The Morgan fingerprint density at radius 3 is 2.68 bits per heavy atom. The first kappa shape index (κ1) is 18.5. The van der Waals surface area contributed by atoms with Gasteiger partial charge in [-0.15, -0.1) is 11.8 Å². The zero-order valence-corrected chi connectivity index (χ0v) is 16.7. The molecule has 0 aromatic carbocycles.